The summed E-state index contributed by atoms with van der Waals surface area (Å²) >= 11 is 0. The Kier molecular flexibility index (Phi) is 5.18. The van der Waals surface area contributed by atoms with Gasteiger partial charge in [-0.15, -0.1) is 0 Å². The van der Waals surface area contributed by atoms with Crippen LogP contribution in [0.5, 0.6) is 0 Å². The predicted octanol–water partition coefficient (Wildman–Crippen LogP) is 3.12. The molecule has 5 nitrogen and oxygen atoms in total. The summed E-state index contributed by atoms with van der Waals surface area (Å²) in [7, 11) is 0. The lowest BCUT2D eigenvalue weighted by molar-refractivity contribution is 0.163. The molecule has 24 heavy (non-hydrogen) atoms. The molecule has 0 spiro atoms. The number of benzene rings is 1. The van der Waals surface area contributed by atoms with Crippen LogP contribution >= 0.6 is 0 Å². The maximum atomic E-state index is 12.3. The zero-order chi connectivity index (χ0) is 16.9. The van der Waals surface area contributed by atoms with Gasteiger partial charge in [0.1, 0.15) is 0 Å². The fourth-order valence-electron chi connectivity index (χ4n) is 3.31. The summed E-state index contributed by atoms with van der Waals surface area (Å²) in [5.74, 6) is 0.598. The van der Waals surface area contributed by atoms with Gasteiger partial charge in [0.2, 0.25) is 0 Å². The Morgan fingerprint density at radius 3 is 2.54 bits per heavy atom. The van der Waals surface area contributed by atoms with Crippen LogP contribution in [-0.4, -0.2) is 33.8 Å². The standard InChI is InChI=1S/C19H26N4O/c1-15-12-16(2)23(21-15)14-18-8-10-22(11-9-18)19(24)20-13-17-6-4-3-5-7-17/h3-7,12,18H,8-11,13-14H2,1-2H3,(H,20,24). The second kappa shape index (κ2) is 7.51. The van der Waals surface area contributed by atoms with E-state index in [-0.39, 0.29) is 6.03 Å². The third kappa shape index (κ3) is 4.16. The minimum absolute atomic E-state index is 0.0448. The molecule has 1 aromatic heterocycles. The fraction of sp³-hybridized carbons (Fsp3) is 0.474. The van der Waals surface area contributed by atoms with Gasteiger partial charge < -0.3 is 10.2 Å². The molecule has 0 atom stereocenters. The average molecular weight is 326 g/mol. The summed E-state index contributed by atoms with van der Waals surface area (Å²) in [6.07, 6.45) is 2.08. The summed E-state index contributed by atoms with van der Waals surface area (Å²) < 4.78 is 2.10. The minimum atomic E-state index is 0.0448. The Balaban J connectivity index is 1.44. The molecule has 3 rings (SSSR count). The lowest BCUT2D eigenvalue weighted by atomic mass is 9.97. The molecule has 0 aliphatic carbocycles. The first kappa shape index (κ1) is 16.6. The van der Waals surface area contributed by atoms with E-state index in [2.05, 4.69) is 28.1 Å². The number of nitrogens with zero attached hydrogens (tertiary/aromatic N) is 3. The van der Waals surface area contributed by atoms with Crippen molar-refractivity contribution in [1.29, 1.82) is 0 Å². The molecule has 0 bridgehead atoms. The number of urea groups is 1. The zero-order valence-electron chi connectivity index (χ0n) is 14.5. The van der Waals surface area contributed by atoms with Crippen molar-refractivity contribution in [3.63, 3.8) is 0 Å². The van der Waals surface area contributed by atoms with E-state index < -0.39 is 0 Å². The molecule has 0 unspecified atom stereocenters. The molecule has 1 saturated heterocycles. The Morgan fingerprint density at radius 1 is 1.21 bits per heavy atom. The SMILES string of the molecule is Cc1cc(C)n(CC2CCN(C(=O)NCc3ccccc3)CC2)n1. The van der Waals surface area contributed by atoms with Crippen molar-refractivity contribution in [2.75, 3.05) is 13.1 Å². The lowest BCUT2D eigenvalue weighted by Crippen LogP contribution is -2.44. The third-order valence-corrected chi connectivity index (χ3v) is 4.72. The molecule has 1 aliphatic heterocycles. The van der Waals surface area contributed by atoms with Crippen LogP contribution in [0.4, 0.5) is 4.79 Å². The summed E-state index contributed by atoms with van der Waals surface area (Å²) in [5, 5.41) is 7.56. The number of carbonyl (C=O) groups excluding carboxylic acids is 1. The second-order valence-electron chi connectivity index (χ2n) is 6.68. The Hall–Kier alpha value is -2.30. The van der Waals surface area contributed by atoms with Crippen LogP contribution in [0.15, 0.2) is 36.4 Å². The Bertz CT molecular complexity index is 672. The summed E-state index contributed by atoms with van der Waals surface area (Å²) in [6.45, 7) is 7.33. The number of aryl methyl sites for hydroxylation is 2. The quantitative estimate of drug-likeness (QED) is 0.938. The van der Waals surface area contributed by atoms with Gasteiger partial charge in [-0.05, 0) is 44.2 Å². The van der Waals surface area contributed by atoms with E-state index in [0.29, 0.717) is 12.5 Å². The Labute approximate surface area is 143 Å². The summed E-state index contributed by atoms with van der Waals surface area (Å²) in [4.78, 5) is 14.2. The van der Waals surface area contributed by atoms with Gasteiger partial charge in [-0.25, -0.2) is 4.79 Å². The van der Waals surface area contributed by atoms with Crippen LogP contribution in [0, 0.1) is 19.8 Å². The van der Waals surface area contributed by atoms with E-state index in [0.717, 1.165) is 43.7 Å². The first-order valence-corrected chi connectivity index (χ1v) is 8.69. The van der Waals surface area contributed by atoms with Crippen molar-refractivity contribution in [3.8, 4) is 0 Å². The second-order valence-corrected chi connectivity index (χ2v) is 6.68. The number of hydrogen-bond acceptors (Lipinski definition) is 2. The number of likely N-dealkylation sites (tertiary alicyclic amines) is 1. The molecule has 1 fully saturated rings. The normalized spacial score (nSPS) is 15.5. The van der Waals surface area contributed by atoms with E-state index in [1.54, 1.807) is 0 Å². The first-order valence-electron chi connectivity index (χ1n) is 8.69. The van der Waals surface area contributed by atoms with Gasteiger partial charge in [-0.3, -0.25) is 4.68 Å². The molecule has 128 valence electrons. The van der Waals surface area contributed by atoms with Crippen LogP contribution in [0.3, 0.4) is 0 Å². The number of piperidine rings is 1. The Morgan fingerprint density at radius 2 is 1.92 bits per heavy atom. The molecule has 1 aromatic carbocycles. The highest BCUT2D eigenvalue weighted by atomic mass is 16.2. The molecular weight excluding hydrogens is 300 g/mol. The molecule has 5 heteroatoms. The number of carbonyl (C=O) groups is 1. The van der Waals surface area contributed by atoms with Crippen LogP contribution in [-0.2, 0) is 13.1 Å². The lowest BCUT2D eigenvalue weighted by Gasteiger charge is -2.32. The van der Waals surface area contributed by atoms with Crippen molar-refractivity contribution in [1.82, 2.24) is 20.0 Å². The number of nitrogens with one attached hydrogen (secondary N) is 1. The number of aromatic nitrogens is 2. The van der Waals surface area contributed by atoms with Crippen molar-refractivity contribution >= 4 is 6.03 Å². The zero-order valence-corrected chi connectivity index (χ0v) is 14.5. The molecule has 2 amide bonds. The van der Waals surface area contributed by atoms with E-state index in [4.69, 9.17) is 0 Å². The predicted molar refractivity (Wildman–Crippen MR) is 94.7 cm³/mol. The molecule has 0 radical (unpaired) electrons. The molecule has 1 aliphatic rings. The van der Waals surface area contributed by atoms with Crippen LogP contribution in [0.25, 0.3) is 0 Å². The number of rotatable bonds is 4. The van der Waals surface area contributed by atoms with E-state index in [1.807, 2.05) is 42.2 Å². The molecule has 2 aromatic rings. The monoisotopic (exact) mass is 326 g/mol. The highest BCUT2D eigenvalue weighted by molar-refractivity contribution is 5.74. The van der Waals surface area contributed by atoms with Gasteiger partial charge in [0.15, 0.2) is 0 Å². The fourth-order valence-corrected chi connectivity index (χ4v) is 3.31. The minimum Gasteiger partial charge on any atom is -0.334 e. The van der Waals surface area contributed by atoms with Crippen LogP contribution in [0.1, 0.15) is 29.8 Å². The summed E-state index contributed by atoms with van der Waals surface area (Å²) in [5.41, 5.74) is 3.42. The topological polar surface area (TPSA) is 50.2 Å². The smallest absolute Gasteiger partial charge is 0.317 e. The van der Waals surface area contributed by atoms with Gasteiger partial charge in [0.05, 0.1) is 5.69 Å². The van der Waals surface area contributed by atoms with Crippen molar-refractivity contribution < 1.29 is 4.79 Å². The van der Waals surface area contributed by atoms with Gasteiger partial charge in [-0.1, -0.05) is 30.3 Å². The van der Waals surface area contributed by atoms with Gasteiger partial charge in [0, 0.05) is 31.9 Å². The van der Waals surface area contributed by atoms with E-state index >= 15 is 0 Å². The van der Waals surface area contributed by atoms with E-state index in [1.165, 1.54) is 5.69 Å². The number of amides is 2. The van der Waals surface area contributed by atoms with Gasteiger partial charge in [0.25, 0.3) is 0 Å². The average Bonchev–Trinajstić information content (AvgIpc) is 2.91. The first-order chi connectivity index (χ1) is 11.6. The largest absolute Gasteiger partial charge is 0.334 e. The van der Waals surface area contributed by atoms with Crippen LogP contribution < -0.4 is 5.32 Å². The van der Waals surface area contributed by atoms with Crippen molar-refractivity contribution in [2.45, 2.75) is 39.8 Å². The van der Waals surface area contributed by atoms with Crippen molar-refractivity contribution in [2.24, 2.45) is 5.92 Å². The van der Waals surface area contributed by atoms with Crippen LogP contribution in [0.2, 0.25) is 0 Å². The van der Waals surface area contributed by atoms with Gasteiger partial charge >= 0.3 is 6.03 Å². The molecule has 2 heterocycles. The molecular formula is C19H26N4O. The van der Waals surface area contributed by atoms with E-state index in [9.17, 15) is 4.79 Å². The highest BCUT2D eigenvalue weighted by Crippen LogP contribution is 2.20. The maximum absolute atomic E-state index is 12.3. The molecule has 1 N–H and O–H groups in total. The highest BCUT2D eigenvalue weighted by Gasteiger charge is 2.23. The number of hydrogen-bond donors (Lipinski definition) is 1. The third-order valence-electron chi connectivity index (χ3n) is 4.72. The van der Waals surface area contributed by atoms with Gasteiger partial charge in [-0.2, -0.15) is 5.10 Å². The maximum Gasteiger partial charge on any atom is 0.317 e. The van der Waals surface area contributed by atoms with Crippen molar-refractivity contribution in [3.05, 3.63) is 53.3 Å². The molecule has 0 saturated carbocycles. The summed E-state index contributed by atoms with van der Waals surface area (Å²) in [6, 6.07) is 12.2.